The first-order chi connectivity index (χ1) is 37.5. The fraction of sp³-hybridized carbons (Fsp3) is 0.614. The van der Waals surface area contributed by atoms with Gasteiger partial charge in [-0.25, -0.2) is 0 Å². The van der Waals surface area contributed by atoms with Crippen molar-refractivity contribution in [3.63, 3.8) is 0 Å². The Labute approximate surface area is 467 Å². The summed E-state index contributed by atoms with van der Waals surface area (Å²) < 4.78 is 16.8. The summed E-state index contributed by atoms with van der Waals surface area (Å²) in [5.41, 5.74) is 0. The third-order valence-electron chi connectivity index (χ3n) is 12.6. The molecule has 0 aliphatic rings. The van der Waals surface area contributed by atoms with Gasteiger partial charge in [-0.15, -0.1) is 0 Å². The summed E-state index contributed by atoms with van der Waals surface area (Å²) in [7, 11) is 0. The molecule has 0 rings (SSSR count). The molecule has 0 radical (unpaired) electrons. The molecule has 76 heavy (non-hydrogen) atoms. The summed E-state index contributed by atoms with van der Waals surface area (Å²) in [6, 6.07) is 0. The molecule has 0 aromatic carbocycles. The lowest BCUT2D eigenvalue weighted by molar-refractivity contribution is -0.166. The van der Waals surface area contributed by atoms with E-state index in [9.17, 15) is 14.4 Å². The van der Waals surface area contributed by atoms with Crippen LogP contribution in [-0.2, 0) is 28.6 Å². The maximum atomic E-state index is 12.9. The van der Waals surface area contributed by atoms with Gasteiger partial charge in [0.05, 0.1) is 6.42 Å². The number of ether oxygens (including phenoxy) is 3. The van der Waals surface area contributed by atoms with Crippen LogP contribution in [0, 0.1) is 0 Å². The average Bonchev–Trinajstić information content (AvgIpc) is 3.42. The largest absolute Gasteiger partial charge is 0.462 e. The summed E-state index contributed by atoms with van der Waals surface area (Å²) in [6.45, 7) is 6.30. The summed E-state index contributed by atoms with van der Waals surface area (Å²) in [5.74, 6) is -1.07. The second kappa shape index (κ2) is 62.8. The van der Waals surface area contributed by atoms with Crippen LogP contribution in [0.4, 0.5) is 0 Å². The molecule has 0 bridgehead atoms. The average molecular weight is 1050 g/mol. The normalized spacial score (nSPS) is 13.1. The van der Waals surface area contributed by atoms with Gasteiger partial charge in [0.1, 0.15) is 13.2 Å². The number of unbranched alkanes of at least 4 members (excludes halogenated alkanes) is 20. The van der Waals surface area contributed by atoms with E-state index in [1.165, 1.54) is 89.9 Å². The van der Waals surface area contributed by atoms with E-state index in [1.54, 1.807) is 6.08 Å². The molecule has 1 atom stereocenters. The molecular formula is C70H112O6. The summed E-state index contributed by atoms with van der Waals surface area (Å²) >= 11 is 0. The number of carbonyl (C=O) groups excluding carboxylic acids is 3. The van der Waals surface area contributed by atoms with Crippen LogP contribution in [0.5, 0.6) is 0 Å². The summed E-state index contributed by atoms with van der Waals surface area (Å²) in [6.07, 6.45) is 90.1. The van der Waals surface area contributed by atoms with Crippen LogP contribution >= 0.6 is 0 Å². The first kappa shape index (κ1) is 71.3. The van der Waals surface area contributed by atoms with Crippen molar-refractivity contribution in [2.45, 2.75) is 264 Å². The van der Waals surface area contributed by atoms with Gasteiger partial charge in [-0.05, 0) is 122 Å². The minimum Gasteiger partial charge on any atom is -0.462 e. The molecule has 6 heteroatoms. The monoisotopic (exact) mass is 1050 g/mol. The fourth-order valence-electron chi connectivity index (χ4n) is 8.04. The van der Waals surface area contributed by atoms with Gasteiger partial charge in [-0.2, -0.15) is 0 Å². The SMILES string of the molecule is CC/C=C\C/C=C\C/C=C\C/C=C\C/C=C\C/C=C\CCCCCCCCCCC(=O)OCC(COC(=O)C/C=C\C/C=C\C/C=C\C/C=C\C/C=C\CC)OC(=O)CCCCCCC/C=C\CCCCCCCCC. The van der Waals surface area contributed by atoms with Crippen LogP contribution in [0.1, 0.15) is 258 Å². The highest BCUT2D eigenvalue weighted by Crippen LogP contribution is 2.14. The molecule has 0 spiro atoms. The number of hydrogen-bond donors (Lipinski definition) is 0. The number of esters is 3. The van der Waals surface area contributed by atoms with Gasteiger partial charge in [0.25, 0.3) is 0 Å². The molecule has 1 unspecified atom stereocenters. The third-order valence-corrected chi connectivity index (χ3v) is 12.6. The second-order valence-electron chi connectivity index (χ2n) is 19.9. The number of rotatable bonds is 54. The lowest BCUT2D eigenvalue weighted by Gasteiger charge is -2.18. The van der Waals surface area contributed by atoms with Crippen molar-refractivity contribution in [2.24, 2.45) is 0 Å². The maximum absolute atomic E-state index is 12.9. The molecule has 0 aromatic rings. The smallest absolute Gasteiger partial charge is 0.309 e. The lowest BCUT2D eigenvalue weighted by Crippen LogP contribution is -2.30. The summed E-state index contributed by atoms with van der Waals surface area (Å²) in [4.78, 5) is 38.2. The Morgan fingerprint density at radius 1 is 0.289 bits per heavy atom. The van der Waals surface area contributed by atoms with E-state index in [2.05, 4.69) is 154 Å². The van der Waals surface area contributed by atoms with Gasteiger partial charge in [-0.3, -0.25) is 14.4 Å². The van der Waals surface area contributed by atoms with Gasteiger partial charge in [0.15, 0.2) is 6.10 Å². The van der Waals surface area contributed by atoms with Crippen LogP contribution in [0.25, 0.3) is 0 Å². The van der Waals surface area contributed by atoms with E-state index in [4.69, 9.17) is 14.2 Å². The van der Waals surface area contributed by atoms with Crippen molar-refractivity contribution in [2.75, 3.05) is 13.2 Å². The highest BCUT2D eigenvalue weighted by atomic mass is 16.6. The standard InChI is InChI=1S/C70H112O6/c1-4-7-10-13-16-19-22-25-28-30-31-32-33-34-35-36-37-38-39-40-43-45-48-51-54-57-60-63-69(72)75-66-67(65-74-68(71)62-59-56-53-50-47-44-41-27-24-21-18-15-12-9-6-3)76-70(73)64-61-58-55-52-49-46-42-29-26-23-20-17-14-11-8-5-2/h7,9-10,12,16,18-19,21,25,27-29,31-32,34-35,37-38,41-42,47,50,56,59,67H,4-6,8,11,13-15,17,20,22-24,26,30,33,36,39-40,43-46,48-49,51-55,57-58,60-66H2,1-3H3/b10-7-,12-9-,19-16-,21-18-,28-25-,32-31-,35-34-,38-37-,41-27-,42-29-,50-47-,59-56-. The third kappa shape index (κ3) is 60.2. The molecule has 0 saturated heterocycles. The zero-order chi connectivity index (χ0) is 55.0. The lowest BCUT2D eigenvalue weighted by atomic mass is 10.1. The molecule has 0 saturated carbocycles. The molecule has 6 nitrogen and oxygen atoms in total. The van der Waals surface area contributed by atoms with Gasteiger partial charge >= 0.3 is 17.9 Å². The minimum absolute atomic E-state index is 0.118. The molecule has 428 valence electrons. The number of allylic oxidation sites excluding steroid dienone is 23. The van der Waals surface area contributed by atoms with Crippen LogP contribution in [0.15, 0.2) is 146 Å². The van der Waals surface area contributed by atoms with E-state index >= 15 is 0 Å². The highest BCUT2D eigenvalue weighted by molar-refractivity contribution is 5.72. The Morgan fingerprint density at radius 3 is 0.934 bits per heavy atom. The van der Waals surface area contributed by atoms with E-state index in [1.807, 2.05) is 6.08 Å². The van der Waals surface area contributed by atoms with Gasteiger partial charge in [-0.1, -0.05) is 263 Å². The Hall–Kier alpha value is -4.71. The van der Waals surface area contributed by atoms with E-state index < -0.39 is 12.1 Å². The molecule has 0 fully saturated rings. The first-order valence-corrected chi connectivity index (χ1v) is 30.8. The van der Waals surface area contributed by atoms with Crippen LogP contribution in [0.3, 0.4) is 0 Å². The van der Waals surface area contributed by atoms with Crippen molar-refractivity contribution in [3.8, 4) is 0 Å². The molecule has 0 heterocycles. The highest BCUT2D eigenvalue weighted by Gasteiger charge is 2.19. The molecule has 0 aromatic heterocycles. The zero-order valence-electron chi connectivity index (χ0n) is 49.0. The number of hydrogen-bond acceptors (Lipinski definition) is 6. The van der Waals surface area contributed by atoms with Crippen LogP contribution in [0.2, 0.25) is 0 Å². The van der Waals surface area contributed by atoms with E-state index in [0.717, 1.165) is 128 Å². The minimum atomic E-state index is -0.832. The molecule has 0 aliphatic heterocycles. The van der Waals surface area contributed by atoms with E-state index in [-0.39, 0.29) is 31.6 Å². The molecule has 0 aliphatic carbocycles. The van der Waals surface area contributed by atoms with Crippen molar-refractivity contribution >= 4 is 17.9 Å². The van der Waals surface area contributed by atoms with E-state index in [0.29, 0.717) is 12.8 Å². The maximum Gasteiger partial charge on any atom is 0.309 e. The van der Waals surface area contributed by atoms with Crippen LogP contribution in [-0.4, -0.2) is 37.2 Å². The predicted octanol–water partition coefficient (Wildman–Crippen LogP) is 21.2. The predicted molar refractivity (Wildman–Crippen MR) is 329 cm³/mol. The Kier molecular flexibility index (Phi) is 58.9. The Morgan fingerprint density at radius 2 is 0.566 bits per heavy atom. The van der Waals surface area contributed by atoms with Crippen molar-refractivity contribution in [3.05, 3.63) is 146 Å². The van der Waals surface area contributed by atoms with Crippen LogP contribution < -0.4 is 0 Å². The van der Waals surface area contributed by atoms with Gasteiger partial charge < -0.3 is 14.2 Å². The molecular weight excluding hydrogens is 937 g/mol. The Balaban J connectivity index is 4.45. The molecule has 0 N–H and O–H groups in total. The topological polar surface area (TPSA) is 78.9 Å². The Bertz CT molecular complexity index is 1680. The second-order valence-corrected chi connectivity index (χ2v) is 19.9. The zero-order valence-corrected chi connectivity index (χ0v) is 49.0. The first-order valence-electron chi connectivity index (χ1n) is 30.8. The van der Waals surface area contributed by atoms with Crippen molar-refractivity contribution in [1.82, 2.24) is 0 Å². The quantitative estimate of drug-likeness (QED) is 0.0261. The number of carbonyl (C=O) groups is 3. The fourth-order valence-corrected chi connectivity index (χ4v) is 8.04. The van der Waals surface area contributed by atoms with Crippen molar-refractivity contribution < 1.29 is 28.6 Å². The van der Waals surface area contributed by atoms with Gasteiger partial charge in [0, 0.05) is 12.8 Å². The van der Waals surface area contributed by atoms with Gasteiger partial charge in [0.2, 0.25) is 0 Å². The summed E-state index contributed by atoms with van der Waals surface area (Å²) in [5, 5.41) is 0. The van der Waals surface area contributed by atoms with Crippen molar-refractivity contribution in [1.29, 1.82) is 0 Å². The molecule has 0 amide bonds.